The van der Waals surface area contributed by atoms with Crippen molar-refractivity contribution in [3.8, 4) is 5.75 Å². The molecule has 1 amide bonds. The van der Waals surface area contributed by atoms with Crippen molar-refractivity contribution in [2.24, 2.45) is 0 Å². The van der Waals surface area contributed by atoms with Crippen LogP contribution in [-0.4, -0.2) is 12.5 Å². The Morgan fingerprint density at radius 3 is 2.35 bits per heavy atom. The number of hydrogen-bond donors (Lipinski definition) is 1. The molecule has 0 aromatic heterocycles. The number of alkyl halides is 3. The molecule has 0 fully saturated rings. The molecule has 0 saturated heterocycles. The van der Waals surface area contributed by atoms with Gasteiger partial charge in [0, 0.05) is 5.56 Å². The van der Waals surface area contributed by atoms with Crippen molar-refractivity contribution in [3.05, 3.63) is 59.7 Å². The second-order valence-corrected chi connectivity index (χ2v) is 5.93. The van der Waals surface area contributed by atoms with Gasteiger partial charge in [-0.1, -0.05) is 38.3 Å². The van der Waals surface area contributed by atoms with Crippen LogP contribution >= 0.6 is 0 Å². The van der Waals surface area contributed by atoms with Crippen molar-refractivity contribution in [2.75, 3.05) is 11.9 Å². The van der Waals surface area contributed by atoms with Crippen LogP contribution in [0.3, 0.4) is 0 Å². The molecule has 0 unspecified atom stereocenters. The zero-order chi connectivity index (χ0) is 19.0. The smallest absolute Gasteiger partial charge is 0.418 e. The number of rotatable bonds is 8. The van der Waals surface area contributed by atoms with Crippen LogP contribution in [0.4, 0.5) is 18.9 Å². The number of nitrogens with one attached hydrogen (secondary N) is 1. The summed E-state index contributed by atoms with van der Waals surface area (Å²) in [5.74, 6) is 0.0323. The average molecular weight is 365 g/mol. The SMILES string of the molecule is CCCCCCOc1ccc(C(=O)Nc2ccccc2C(F)(F)F)cc1. The summed E-state index contributed by atoms with van der Waals surface area (Å²) in [5, 5.41) is 2.32. The van der Waals surface area contributed by atoms with Gasteiger partial charge in [0.15, 0.2) is 0 Å². The van der Waals surface area contributed by atoms with Crippen LogP contribution in [-0.2, 0) is 6.18 Å². The third kappa shape index (κ3) is 5.79. The minimum atomic E-state index is -4.53. The summed E-state index contributed by atoms with van der Waals surface area (Å²) >= 11 is 0. The van der Waals surface area contributed by atoms with Gasteiger partial charge < -0.3 is 10.1 Å². The van der Waals surface area contributed by atoms with Gasteiger partial charge in [0.1, 0.15) is 5.75 Å². The molecule has 26 heavy (non-hydrogen) atoms. The molecule has 0 aliphatic heterocycles. The van der Waals surface area contributed by atoms with Gasteiger partial charge in [0.2, 0.25) is 0 Å². The Hall–Kier alpha value is -2.50. The van der Waals surface area contributed by atoms with E-state index in [1.807, 2.05) is 0 Å². The van der Waals surface area contributed by atoms with Crippen molar-refractivity contribution in [1.29, 1.82) is 0 Å². The third-order valence-electron chi connectivity index (χ3n) is 3.86. The van der Waals surface area contributed by atoms with Crippen molar-refractivity contribution >= 4 is 11.6 Å². The lowest BCUT2D eigenvalue weighted by Gasteiger charge is -2.13. The summed E-state index contributed by atoms with van der Waals surface area (Å²) in [4.78, 5) is 12.2. The standard InChI is InChI=1S/C20H22F3NO2/c1-2-3-4-7-14-26-16-12-10-15(11-13-16)19(25)24-18-9-6-5-8-17(18)20(21,22)23/h5-6,8-13H,2-4,7,14H2,1H3,(H,24,25). The third-order valence-corrected chi connectivity index (χ3v) is 3.86. The van der Waals surface area contributed by atoms with Crippen molar-refractivity contribution in [2.45, 2.75) is 38.8 Å². The molecule has 0 heterocycles. The highest BCUT2D eigenvalue weighted by molar-refractivity contribution is 6.04. The Bertz CT molecular complexity index is 712. The average Bonchev–Trinajstić information content (AvgIpc) is 2.61. The minimum Gasteiger partial charge on any atom is -0.494 e. The van der Waals surface area contributed by atoms with E-state index in [1.165, 1.54) is 36.8 Å². The van der Waals surface area contributed by atoms with Gasteiger partial charge in [0.05, 0.1) is 17.9 Å². The number of ether oxygens (including phenoxy) is 1. The first-order chi connectivity index (χ1) is 12.4. The Labute approximate surface area is 151 Å². The normalized spacial score (nSPS) is 11.2. The van der Waals surface area contributed by atoms with Gasteiger partial charge in [-0.15, -0.1) is 0 Å². The van der Waals surface area contributed by atoms with E-state index in [0.717, 1.165) is 25.3 Å². The quantitative estimate of drug-likeness (QED) is 0.590. The number of hydrogen-bond acceptors (Lipinski definition) is 2. The molecule has 2 aromatic rings. The number of halogens is 3. The fourth-order valence-electron chi connectivity index (χ4n) is 2.46. The summed E-state index contributed by atoms with van der Waals surface area (Å²) in [5.41, 5.74) is -0.873. The number of para-hydroxylation sites is 1. The topological polar surface area (TPSA) is 38.3 Å². The van der Waals surface area contributed by atoms with Crippen LogP contribution in [0.25, 0.3) is 0 Å². The first-order valence-electron chi connectivity index (χ1n) is 8.62. The largest absolute Gasteiger partial charge is 0.494 e. The molecule has 0 saturated carbocycles. The van der Waals surface area contributed by atoms with Gasteiger partial charge in [-0.3, -0.25) is 4.79 Å². The van der Waals surface area contributed by atoms with Gasteiger partial charge in [-0.05, 0) is 42.8 Å². The molecule has 2 aromatic carbocycles. The molecule has 0 spiro atoms. The van der Waals surface area contributed by atoms with Crippen molar-refractivity contribution in [1.82, 2.24) is 0 Å². The van der Waals surface area contributed by atoms with Gasteiger partial charge in [0.25, 0.3) is 5.91 Å². The van der Waals surface area contributed by atoms with Gasteiger partial charge in [-0.25, -0.2) is 0 Å². The van der Waals surface area contributed by atoms with E-state index in [0.29, 0.717) is 12.4 Å². The Morgan fingerprint density at radius 1 is 1.00 bits per heavy atom. The van der Waals surface area contributed by atoms with Crippen LogP contribution in [0, 0.1) is 0 Å². The number of benzene rings is 2. The molecule has 2 rings (SSSR count). The first-order valence-corrected chi connectivity index (χ1v) is 8.62. The van der Waals surface area contributed by atoms with E-state index in [2.05, 4.69) is 12.2 Å². The summed E-state index contributed by atoms with van der Waals surface area (Å²) in [6, 6.07) is 11.2. The molecule has 1 N–H and O–H groups in total. The molecular formula is C20H22F3NO2. The van der Waals surface area contributed by atoms with Crippen LogP contribution in [0.1, 0.15) is 48.5 Å². The summed E-state index contributed by atoms with van der Waals surface area (Å²) < 4.78 is 44.5. The van der Waals surface area contributed by atoms with Crippen molar-refractivity contribution in [3.63, 3.8) is 0 Å². The highest BCUT2D eigenvalue weighted by Crippen LogP contribution is 2.34. The molecule has 140 valence electrons. The highest BCUT2D eigenvalue weighted by Gasteiger charge is 2.33. The number of amides is 1. The highest BCUT2D eigenvalue weighted by atomic mass is 19.4. The fraction of sp³-hybridized carbons (Fsp3) is 0.350. The van der Waals surface area contributed by atoms with E-state index in [4.69, 9.17) is 4.74 Å². The summed E-state index contributed by atoms with van der Waals surface area (Å²) in [7, 11) is 0. The molecule has 3 nitrogen and oxygen atoms in total. The second-order valence-electron chi connectivity index (χ2n) is 5.93. The Morgan fingerprint density at radius 2 is 1.69 bits per heavy atom. The molecule has 0 aliphatic carbocycles. The lowest BCUT2D eigenvalue weighted by Crippen LogP contribution is -2.16. The minimum absolute atomic E-state index is 0.263. The number of unbranched alkanes of at least 4 members (excludes halogenated alkanes) is 3. The summed E-state index contributed by atoms with van der Waals surface area (Å²) in [6.07, 6.45) is -0.137. The lowest BCUT2D eigenvalue weighted by atomic mass is 10.1. The number of anilines is 1. The van der Waals surface area contributed by atoms with E-state index in [-0.39, 0.29) is 11.3 Å². The monoisotopic (exact) mass is 365 g/mol. The number of carbonyl (C=O) groups is 1. The van der Waals surface area contributed by atoms with E-state index < -0.39 is 17.6 Å². The van der Waals surface area contributed by atoms with Crippen LogP contribution in [0.15, 0.2) is 48.5 Å². The first kappa shape index (κ1) is 19.8. The zero-order valence-corrected chi connectivity index (χ0v) is 14.6. The molecule has 6 heteroatoms. The van der Waals surface area contributed by atoms with Crippen molar-refractivity contribution < 1.29 is 22.7 Å². The molecular weight excluding hydrogens is 343 g/mol. The molecule has 0 radical (unpaired) electrons. The molecule has 0 bridgehead atoms. The van der Waals surface area contributed by atoms with Crippen LogP contribution < -0.4 is 10.1 Å². The Balaban J connectivity index is 1.96. The molecule has 0 aliphatic rings. The van der Waals surface area contributed by atoms with E-state index in [1.54, 1.807) is 12.1 Å². The Kier molecular flexibility index (Phi) is 7.06. The van der Waals surface area contributed by atoms with Gasteiger partial charge in [-0.2, -0.15) is 13.2 Å². The lowest BCUT2D eigenvalue weighted by molar-refractivity contribution is -0.136. The van der Waals surface area contributed by atoms with Crippen LogP contribution in [0.5, 0.6) is 5.75 Å². The number of carbonyl (C=O) groups excluding carboxylic acids is 1. The molecule has 0 atom stereocenters. The van der Waals surface area contributed by atoms with E-state index in [9.17, 15) is 18.0 Å². The predicted molar refractivity (Wildman–Crippen MR) is 95.5 cm³/mol. The fourth-order valence-corrected chi connectivity index (χ4v) is 2.46. The predicted octanol–water partition coefficient (Wildman–Crippen LogP) is 5.92. The summed E-state index contributed by atoms with van der Waals surface area (Å²) in [6.45, 7) is 2.74. The maximum absolute atomic E-state index is 13.0. The van der Waals surface area contributed by atoms with E-state index >= 15 is 0 Å². The van der Waals surface area contributed by atoms with Gasteiger partial charge >= 0.3 is 6.18 Å². The maximum atomic E-state index is 13.0. The zero-order valence-electron chi connectivity index (χ0n) is 14.6. The maximum Gasteiger partial charge on any atom is 0.418 e. The second kappa shape index (κ2) is 9.27. The van der Waals surface area contributed by atoms with Crippen LogP contribution in [0.2, 0.25) is 0 Å².